The van der Waals surface area contributed by atoms with Crippen LogP contribution in [-0.4, -0.2) is 28.6 Å². The lowest BCUT2D eigenvalue weighted by Gasteiger charge is -2.21. The molecule has 0 saturated carbocycles. The lowest BCUT2D eigenvalue weighted by Crippen LogP contribution is -2.31. The maximum Gasteiger partial charge on any atom is 0.488 e. The number of hydrogen-bond acceptors (Lipinski definition) is 3. The molecule has 0 unspecified atom stereocenters. The van der Waals surface area contributed by atoms with Gasteiger partial charge in [-0.05, 0) is 35.3 Å². The summed E-state index contributed by atoms with van der Waals surface area (Å²) in [6.07, 6.45) is 0. The van der Waals surface area contributed by atoms with Crippen molar-refractivity contribution in [3.05, 3.63) is 65.5 Å². The van der Waals surface area contributed by atoms with E-state index in [9.17, 15) is 14.4 Å². The van der Waals surface area contributed by atoms with Crippen molar-refractivity contribution in [1.82, 2.24) is 4.90 Å². The van der Waals surface area contributed by atoms with Crippen molar-refractivity contribution >= 4 is 12.6 Å². The molecule has 0 aliphatic rings. The Morgan fingerprint density at radius 3 is 2.29 bits per heavy atom. The van der Waals surface area contributed by atoms with Gasteiger partial charge in [0.2, 0.25) is 0 Å². The van der Waals surface area contributed by atoms with Crippen LogP contribution in [0, 0.1) is 5.82 Å². The average Bonchev–Trinajstić information content (AvgIpc) is 2.47. The minimum absolute atomic E-state index is 0.181. The highest BCUT2D eigenvalue weighted by Crippen LogP contribution is 2.10. The molecule has 0 atom stereocenters. The Morgan fingerprint density at radius 2 is 1.67 bits per heavy atom. The summed E-state index contributed by atoms with van der Waals surface area (Å²) in [5, 5.41) is 18.3. The smallest absolute Gasteiger partial charge is 0.423 e. The van der Waals surface area contributed by atoms with E-state index in [0.717, 1.165) is 24.7 Å². The fourth-order valence-electron chi connectivity index (χ4n) is 2.30. The molecule has 2 aromatic carbocycles. The molecule has 2 aromatic rings. The van der Waals surface area contributed by atoms with E-state index in [1.807, 2.05) is 25.1 Å². The number of halogens is 1. The van der Waals surface area contributed by atoms with Crippen LogP contribution in [-0.2, 0) is 13.1 Å². The van der Waals surface area contributed by atoms with E-state index in [1.54, 1.807) is 6.07 Å². The SMILES string of the molecule is CCN(Cc1ccccc1)Cc1cc(F)cc(B(O)O)c1. The van der Waals surface area contributed by atoms with E-state index in [1.165, 1.54) is 11.6 Å². The van der Waals surface area contributed by atoms with Gasteiger partial charge in [0.1, 0.15) is 5.82 Å². The fraction of sp³-hybridized carbons (Fsp3) is 0.250. The Bertz CT molecular complexity index is 578. The molecule has 0 radical (unpaired) electrons. The number of nitrogens with zero attached hydrogens (tertiary/aromatic N) is 1. The lowest BCUT2D eigenvalue weighted by molar-refractivity contribution is 0.271. The van der Waals surface area contributed by atoms with Gasteiger partial charge in [-0.1, -0.05) is 43.3 Å². The summed E-state index contributed by atoms with van der Waals surface area (Å²) >= 11 is 0. The Morgan fingerprint density at radius 1 is 1.00 bits per heavy atom. The van der Waals surface area contributed by atoms with Crippen molar-refractivity contribution in [2.24, 2.45) is 0 Å². The van der Waals surface area contributed by atoms with Gasteiger partial charge in [-0.2, -0.15) is 0 Å². The average molecular weight is 287 g/mol. The topological polar surface area (TPSA) is 43.7 Å². The molecule has 0 bridgehead atoms. The van der Waals surface area contributed by atoms with Crippen LogP contribution in [0.15, 0.2) is 48.5 Å². The lowest BCUT2D eigenvalue weighted by atomic mass is 9.79. The van der Waals surface area contributed by atoms with Crippen LogP contribution >= 0.6 is 0 Å². The molecule has 2 rings (SSSR count). The highest BCUT2D eigenvalue weighted by Gasteiger charge is 2.14. The van der Waals surface area contributed by atoms with Crippen LogP contribution in [0.25, 0.3) is 0 Å². The normalized spacial score (nSPS) is 10.9. The highest BCUT2D eigenvalue weighted by atomic mass is 19.1. The molecule has 0 amide bonds. The largest absolute Gasteiger partial charge is 0.488 e. The van der Waals surface area contributed by atoms with Crippen LogP contribution in [0.3, 0.4) is 0 Å². The van der Waals surface area contributed by atoms with Crippen molar-refractivity contribution in [1.29, 1.82) is 0 Å². The van der Waals surface area contributed by atoms with Gasteiger partial charge in [0.05, 0.1) is 0 Å². The predicted molar refractivity (Wildman–Crippen MR) is 82.5 cm³/mol. The summed E-state index contributed by atoms with van der Waals surface area (Å²) < 4.78 is 13.5. The van der Waals surface area contributed by atoms with Crippen molar-refractivity contribution in [3.8, 4) is 0 Å². The molecule has 2 N–H and O–H groups in total. The first-order valence-electron chi connectivity index (χ1n) is 7.00. The Balaban J connectivity index is 2.11. The van der Waals surface area contributed by atoms with Crippen LogP contribution in [0.1, 0.15) is 18.1 Å². The van der Waals surface area contributed by atoms with Gasteiger partial charge in [-0.3, -0.25) is 4.90 Å². The van der Waals surface area contributed by atoms with Crippen LogP contribution in [0.4, 0.5) is 4.39 Å². The zero-order valence-electron chi connectivity index (χ0n) is 12.0. The van der Waals surface area contributed by atoms with Crippen LogP contribution in [0.2, 0.25) is 0 Å². The molecule has 0 heterocycles. The first kappa shape index (κ1) is 15.7. The molecule has 0 saturated heterocycles. The molecule has 0 aromatic heterocycles. The first-order valence-corrected chi connectivity index (χ1v) is 7.00. The van der Waals surface area contributed by atoms with Gasteiger partial charge < -0.3 is 10.0 Å². The summed E-state index contributed by atoms with van der Waals surface area (Å²) in [6, 6.07) is 14.3. The highest BCUT2D eigenvalue weighted by molar-refractivity contribution is 6.58. The quantitative estimate of drug-likeness (QED) is 0.792. The number of hydrogen-bond donors (Lipinski definition) is 2. The van der Waals surface area contributed by atoms with Gasteiger partial charge in [0.25, 0.3) is 0 Å². The molecule has 21 heavy (non-hydrogen) atoms. The number of benzene rings is 2. The molecule has 0 aliphatic heterocycles. The molecule has 5 heteroatoms. The van der Waals surface area contributed by atoms with Crippen molar-refractivity contribution in [3.63, 3.8) is 0 Å². The number of rotatable bonds is 6. The molecule has 0 spiro atoms. The third-order valence-corrected chi connectivity index (χ3v) is 3.38. The Labute approximate surface area is 124 Å². The van der Waals surface area contributed by atoms with E-state index >= 15 is 0 Å². The third kappa shape index (κ3) is 4.67. The van der Waals surface area contributed by atoms with Crippen molar-refractivity contribution < 1.29 is 14.4 Å². The standard InChI is InChI=1S/C16H19BFNO2/c1-2-19(11-13-6-4-3-5-7-13)12-14-8-15(17(20)21)10-16(18)9-14/h3-10,20-21H,2,11-12H2,1H3. The zero-order valence-corrected chi connectivity index (χ0v) is 12.0. The van der Waals surface area contributed by atoms with Crippen molar-refractivity contribution in [2.75, 3.05) is 6.54 Å². The minimum atomic E-state index is -1.65. The van der Waals surface area contributed by atoms with E-state index in [0.29, 0.717) is 6.54 Å². The molecular formula is C16H19BFNO2. The fourth-order valence-corrected chi connectivity index (χ4v) is 2.30. The van der Waals surface area contributed by atoms with Gasteiger partial charge in [0, 0.05) is 13.1 Å². The van der Waals surface area contributed by atoms with Gasteiger partial charge in [0.15, 0.2) is 0 Å². The third-order valence-electron chi connectivity index (χ3n) is 3.38. The second kappa shape index (κ2) is 7.36. The predicted octanol–water partition coefficient (Wildman–Crippen LogP) is 1.53. The second-order valence-electron chi connectivity index (χ2n) is 5.06. The monoisotopic (exact) mass is 287 g/mol. The summed E-state index contributed by atoms with van der Waals surface area (Å²) in [4.78, 5) is 2.16. The Hall–Kier alpha value is -1.69. The van der Waals surface area contributed by atoms with Gasteiger partial charge in [-0.25, -0.2) is 4.39 Å². The van der Waals surface area contributed by atoms with E-state index in [2.05, 4.69) is 17.0 Å². The molecule has 0 aliphatic carbocycles. The van der Waals surface area contributed by atoms with Gasteiger partial charge >= 0.3 is 7.12 Å². The summed E-state index contributed by atoms with van der Waals surface area (Å²) in [5.74, 6) is -0.452. The van der Waals surface area contributed by atoms with E-state index in [-0.39, 0.29) is 5.46 Å². The molecular weight excluding hydrogens is 268 g/mol. The maximum absolute atomic E-state index is 13.5. The van der Waals surface area contributed by atoms with Gasteiger partial charge in [-0.15, -0.1) is 0 Å². The summed E-state index contributed by atoms with van der Waals surface area (Å²) in [5.41, 5.74) is 2.11. The maximum atomic E-state index is 13.5. The van der Waals surface area contributed by atoms with Crippen molar-refractivity contribution in [2.45, 2.75) is 20.0 Å². The summed E-state index contributed by atoms with van der Waals surface area (Å²) in [6.45, 7) is 4.19. The van der Waals surface area contributed by atoms with Crippen LogP contribution < -0.4 is 5.46 Å². The Kier molecular flexibility index (Phi) is 5.50. The second-order valence-corrected chi connectivity index (χ2v) is 5.06. The zero-order chi connectivity index (χ0) is 15.2. The van der Waals surface area contributed by atoms with Crippen LogP contribution in [0.5, 0.6) is 0 Å². The molecule has 0 fully saturated rings. The summed E-state index contributed by atoms with van der Waals surface area (Å²) in [7, 11) is -1.65. The van der Waals surface area contributed by atoms with E-state index < -0.39 is 12.9 Å². The first-order chi connectivity index (χ1) is 10.1. The molecule has 3 nitrogen and oxygen atoms in total. The van der Waals surface area contributed by atoms with E-state index in [4.69, 9.17) is 0 Å². The minimum Gasteiger partial charge on any atom is -0.423 e. The molecule has 110 valence electrons.